The molecule has 0 aromatic carbocycles. The molecule has 0 amide bonds. The van der Waals surface area contributed by atoms with E-state index in [-0.39, 0.29) is 36.0 Å². The summed E-state index contributed by atoms with van der Waals surface area (Å²) >= 11 is 0. The first-order valence-corrected chi connectivity index (χ1v) is 14.2. The summed E-state index contributed by atoms with van der Waals surface area (Å²) in [6.45, 7) is 9.41. The monoisotopic (exact) mass is 682 g/mol. The minimum absolute atomic E-state index is 0.0479. The number of aliphatic hydroxyl groups excluding tert-OH is 2. The van der Waals surface area contributed by atoms with Crippen molar-refractivity contribution in [3.63, 3.8) is 0 Å². The van der Waals surface area contributed by atoms with Crippen LogP contribution in [0.4, 0.5) is 35.1 Å². The van der Waals surface area contributed by atoms with E-state index in [1.165, 1.54) is 20.8 Å². The summed E-state index contributed by atoms with van der Waals surface area (Å²) in [6, 6.07) is 0. The smallest absolute Gasteiger partial charge is 0.378 e. The van der Waals surface area contributed by atoms with E-state index in [0.717, 1.165) is 0 Å². The van der Waals surface area contributed by atoms with Gasteiger partial charge in [-0.3, -0.25) is 0 Å². The maximum atomic E-state index is 15.0. The van der Waals surface area contributed by atoms with Crippen molar-refractivity contribution in [3.05, 3.63) is 36.5 Å². The van der Waals surface area contributed by atoms with Gasteiger partial charge in [0, 0.05) is 48.7 Å². The number of halogens is 8. The van der Waals surface area contributed by atoms with E-state index < -0.39 is 112 Å². The second-order valence-corrected chi connectivity index (χ2v) is 11.3. The van der Waals surface area contributed by atoms with Crippen molar-refractivity contribution in [2.24, 2.45) is 11.3 Å². The van der Waals surface area contributed by atoms with Gasteiger partial charge in [-0.15, -0.1) is 0 Å². The summed E-state index contributed by atoms with van der Waals surface area (Å²) in [5.41, 5.74) is -3.17. The zero-order valence-electron chi connectivity index (χ0n) is 26.1. The number of esters is 3. The summed E-state index contributed by atoms with van der Waals surface area (Å²) in [7, 11) is 0. The van der Waals surface area contributed by atoms with E-state index in [1.54, 1.807) is 0 Å². The van der Waals surface area contributed by atoms with E-state index >= 15 is 0 Å². The summed E-state index contributed by atoms with van der Waals surface area (Å²) in [6.07, 6.45) is -6.21. The van der Waals surface area contributed by atoms with Crippen LogP contribution in [0.15, 0.2) is 36.5 Å². The van der Waals surface area contributed by atoms with Gasteiger partial charge in [0.1, 0.15) is 19.8 Å². The Morgan fingerprint density at radius 3 is 1.41 bits per heavy atom. The van der Waals surface area contributed by atoms with Gasteiger partial charge in [-0.05, 0) is 33.1 Å². The molecule has 0 aromatic rings. The van der Waals surface area contributed by atoms with E-state index in [1.807, 2.05) is 0 Å². The van der Waals surface area contributed by atoms with Gasteiger partial charge < -0.3 is 24.4 Å². The lowest BCUT2D eigenvalue weighted by Crippen LogP contribution is -2.62. The molecule has 0 spiro atoms. The fourth-order valence-electron chi connectivity index (χ4n) is 3.76. The standard InChI is InChI=1S/C30H42F8O8/c1-7-8-9-10-27(31,32)29(35,36)30(37,38)28(33,34)12-11-26(16-44-23(41)19(2)3,17-45-24(42)20(4)5)18-46-25(43)21(6)13-22(14-39)15-40/h22,39-40H,2,4,6-18H2,1,3,5H3. The lowest BCUT2D eigenvalue weighted by Gasteiger charge is -2.39. The minimum Gasteiger partial charge on any atom is -0.461 e. The molecule has 0 atom stereocenters. The SMILES string of the molecule is C=C(C)C(=O)OCC(CCC(F)(F)C(F)(F)C(F)(F)C(F)(F)CCCCC)(COC(=O)C(=C)C)COC(=O)C(=C)CC(CO)CO. The highest BCUT2D eigenvalue weighted by molar-refractivity contribution is 5.88. The number of rotatable bonds is 23. The van der Waals surface area contributed by atoms with Gasteiger partial charge in [0.05, 0.1) is 5.41 Å². The number of hydrogen-bond donors (Lipinski definition) is 2. The summed E-state index contributed by atoms with van der Waals surface area (Å²) < 4.78 is 132. The molecule has 0 fully saturated rings. The predicted molar refractivity (Wildman–Crippen MR) is 150 cm³/mol. The van der Waals surface area contributed by atoms with Crippen LogP contribution < -0.4 is 0 Å². The molecular formula is C30H42F8O8. The van der Waals surface area contributed by atoms with Crippen molar-refractivity contribution in [2.75, 3.05) is 33.0 Å². The van der Waals surface area contributed by atoms with Crippen molar-refractivity contribution in [1.82, 2.24) is 0 Å². The molecule has 0 saturated carbocycles. The molecule has 0 aliphatic heterocycles. The molecule has 16 heteroatoms. The minimum atomic E-state index is -6.60. The molecule has 0 radical (unpaired) electrons. The molecule has 0 heterocycles. The molecule has 266 valence electrons. The van der Waals surface area contributed by atoms with Crippen molar-refractivity contribution in [2.45, 2.75) is 89.4 Å². The van der Waals surface area contributed by atoms with Gasteiger partial charge >= 0.3 is 41.6 Å². The fourth-order valence-corrected chi connectivity index (χ4v) is 3.76. The third-order valence-electron chi connectivity index (χ3n) is 6.94. The average Bonchev–Trinajstić information content (AvgIpc) is 2.97. The van der Waals surface area contributed by atoms with Gasteiger partial charge in [-0.25, -0.2) is 14.4 Å². The van der Waals surface area contributed by atoms with E-state index in [4.69, 9.17) is 14.2 Å². The topological polar surface area (TPSA) is 119 Å². The van der Waals surface area contributed by atoms with Gasteiger partial charge in [0.25, 0.3) is 0 Å². The Morgan fingerprint density at radius 2 is 1.04 bits per heavy atom. The number of hydrogen-bond acceptors (Lipinski definition) is 8. The van der Waals surface area contributed by atoms with E-state index in [9.17, 15) is 59.7 Å². The second kappa shape index (κ2) is 17.8. The Kier molecular flexibility index (Phi) is 16.6. The molecule has 0 aromatic heterocycles. The Balaban J connectivity index is 6.57. The molecule has 0 unspecified atom stereocenters. The predicted octanol–water partition coefficient (Wildman–Crippen LogP) is 6.20. The molecule has 0 aliphatic carbocycles. The normalized spacial score (nSPS) is 12.9. The van der Waals surface area contributed by atoms with Crippen LogP contribution in [0.1, 0.15) is 65.7 Å². The van der Waals surface area contributed by atoms with Gasteiger partial charge in [-0.1, -0.05) is 39.5 Å². The zero-order chi connectivity index (χ0) is 36.1. The van der Waals surface area contributed by atoms with Crippen LogP contribution in [0.2, 0.25) is 0 Å². The Bertz CT molecular complexity index is 1060. The molecule has 2 N–H and O–H groups in total. The van der Waals surface area contributed by atoms with Crippen LogP contribution in [-0.4, -0.2) is 84.8 Å². The van der Waals surface area contributed by atoms with Crippen LogP contribution >= 0.6 is 0 Å². The van der Waals surface area contributed by atoms with Crippen LogP contribution in [0.3, 0.4) is 0 Å². The van der Waals surface area contributed by atoms with Crippen molar-refractivity contribution >= 4 is 17.9 Å². The lowest BCUT2D eigenvalue weighted by atomic mass is 9.82. The highest BCUT2D eigenvalue weighted by atomic mass is 19.4. The average molecular weight is 683 g/mol. The van der Waals surface area contributed by atoms with Crippen LogP contribution in [0, 0.1) is 11.3 Å². The number of aliphatic hydroxyl groups is 2. The van der Waals surface area contributed by atoms with Crippen LogP contribution in [0.25, 0.3) is 0 Å². The van der Waals surface area contributed by atoms with Crippen LogP contribution in [0.5, 0.6) is 0 Å². The summed E-state index contributed by atoms with van der Waals surface area (Å²) in [5.74, 6) is -28.9. The number of carbonyl (C=O) groups is 3. The van der Waals surface area contributed by atoms with Gasteiger partial charge in [-0.2, -0.15) is 35.1 Å². The van der Waals surface area contributed by atoms with Crippen molar-refractivity contribution in [3.8, 4) is 0 Å². The van der Waals surface area contributed by atoms with Crippen molar-refractivity contribution < 1.29 is 73.9 Å². The Morgan fingerprint density at radius 1 is 0.652 bits per heavy atom. The number of ether oxygens (including phenoxy) is 3. The molecule has 8 nitrogen and oxygen atoms in total. The lowest BCUT2D eigenvalue weighted by molar-refractivity contribution is -0.368. The number of alkyl halides is 8. The molecule has 0 aliphatic rings. The third-order valence-corrected chi connectivity index (χ3v) is 6.94. The van der Waals surface area contributed by atoms with Gasteiger partial charge in [0.15, 0.2) is 0 Å². The number of unbranched alkanes of at least 4 members (excludes halogenated alkanes) is 2. The quantitative estimate of drug-likeness (QED) is 0.0430. The van der Waals surface area contributed by atoms with E-state index in [2.05, 4.69) is 19.7 Å². The first-order valence-electron chi connectivity index (χ1n) is 14.2. The summed E-state index contributed by atoms with van der Waals surface area (Å²) in [4.78, 5) is 36.8. The maximum absolute atomic E-state index is 15.0. The highest BCUT2D eigenvalue weighted by Crippen LogP contribution is 2.55. The highest BCUT2D eigenvalue weighted by Gasteiger charge is 2.79. The van der Waals surface area contributed by atoms with Crippen molar-refractivity contribution in [1.29, 1.82) is 0 Å². The molecule has 0 saturated heterocycles. The second-order valence-electron chi connectivity index (χ2n) is 11.3. The summed E-state index contributed by atoms with van der Waals surface area (Å²) in [5, 5.41) is 18.5. The Hall–Kier alpha value is -3.01. The Labute approximate surface area is 262 Å². The third kappa shape index (κ3) is 11.7. The zero-order valence-corrected chi connectivity index (χ0v) is 26.1. The first-order chi connectivity index (χ1) is 21.0. The van der Waals surface area contributed by atoms with E-state index in [0.29, 0.717) is 0 Å². The molecular weight excluding hydrogens is 640 g/mol. The molecule has 46 heavy (non-hydrogen) atoms. The fraction of sp³-hybridized carbons (Fsp3) is 0.700. The maximum Gasteiger partial charge on any atom is 0.378 e. The van der Waals surface area contributed by atoms with Gasteiger partial charge in [0.2, 0.25) is 0 Å². The largest absolute Gasteiger partial charge is 0.461 e. The number of carbonyl (C=O) groups excluding carboxylic acids is 3. The first kappa shape index (κ1) is 43.0. The molecule has 0 rings (SSSR count). The van der Waals surface area contributed by atoms with Crippen LogP contribution in [-0.2, 0) is 28.6 Å². The molecule has 0 bridgehead atoms.